The van der Waals surface area contributed by atoms with Gasteiger partial charge < -0.3 is 15.7 Å². The molecule has 1 saturated carbocycles. The molecule has 1 aromatic carbocycles. The van der Waals surface area contributed by atoms with Gasteiger partial charge in [-0.05, 0) is 49.9 Å². The van der Waals surface area contributed by atoms with Crippen molar-refractivity contribution in [3.8, 4) is 11.8 Å². The Morgan fingerprint density at radius 2 is 1.79 bits per heavy atom. The van der Waals surface area contributed by atoms with Crippen LogP contribution in [0.3, 0.4) is 0 Å². The third-order valence-electron chi connectivity index (χ3n) is 3.81. The summed E-state index contributed by atoms with van der Waals surface area (Å²) in [5.41, 5.74) is -0.269. The Kier molecular flexibility index (Phi) is 6.10. The number of hydrogen-bond acceptors (Lipinski definition) is 2. The van der Waals surface area contributed by atoms with Crippen LogP contribution in [0.15, 0.2) is 24.3 Å². The first-order chi connectivity index (χ1) is 11.3. The Balaban J connectivity index is 1.74. The molecule has 0 heterocycles. The third-order valence-corrected chi connectivity index (χ3v) is 3.81. The molecule has 0 aliphatic heterocycles. The summed E-state index contributed by atoms with van der Waals surface area (Å²) in [5, 5.41) is 14.8. The van der Waals surface area contributed by atoms with Crippen molar-refractivity contribution in [2.24, 2.45) is 0 Å². The molecule has 0 saturated heterocycles. The zero-order valence-corrected chi connectivity index (χ0v) is 13.0. The zero-order valence-electron chi connectivity index (χ0n) is 13.0. The minimum Gasteiger partial charge on any atom is -0.393 e. The molecule has 4 nitrogen and oxygen atoms in total. The van der Waals surface area contributed by atoms with Crippen LogP contribution in [0, 0.1) is 11.8 Å². The molecule has 0 spiro atoms. The Hall–Kier alpha value is -2.20. The Morgan fingerprint density at radius 3 is 2.38 bits per heavy atom. The van der Waals surface area contributed by atoms with Crippen LogP contribution in [0.25, 0.3) is 0 Å². The number of hydrogen-bond donors (Lipinski definition) is 3. The monoisotopic (exact) mass is 340 g/mol. The van der Waals surface area contributed by atoms with Crippen molar-refractivity contribution in [3.63, 3.8) is 0 Å². The largest absolute Gasteiger partial charge is 0.416 e. The molecule has 130 valence electrons. The summed E-state index contributed by atoms with van der Waals surface area (Å²) in [7, 11) is 0. The van der Waals surface area contributed by atoms with Crippen LogP contribution < -0.4 is 10.6 Å². The van der Waals surface area contributed by atoms with Crippen LogP contribution in [0.4, 0.5) is 18.0 Å². The van der Waals surface area contributed by atoms with Gasteiger partial charge in [0.2, 0.25) is 0 Å². The van der Waals surface area contributed by atoms with Gasteiger partial charge in [-0.2, -0.15) is 13.2 Å². The molecule has 1 fully saturated rings. The van der Waals surface area contributed by atoms with Gasteiger partial charge in [0, 0.05) is 11.6 Å². The topological polar surface area (TPSA) is 61.4 Å². The average molecular weight is 340 g/mol. The highest BCUT2D eigenvalue weighted by Gasteiger charge is 2.29. The van der Waals surface area contributed by atoms with Gasteiger partial charge in [0.25, 0.3) is 0 Å². The van der Waals surface area contributed by atoms with E-state index in [9.17, 15) is 23.1 Å². The number of aliphatic hydroxyl groups is 1. The molecule has 0 radical (unpaired) electrons. The standard InChI is InChI=1S/C17H19F3N2O2/c18-17(19,20)13-5-3-12(4-6-13)2-1-11-21-16(24)22-14-7-9-15(23)10-8-14/h3-6,14-15,23H,7-11H2,(H2,21,22,24). The normalized spacial score (nSPS) is 20.7. The minimum absolute atomic E-state index is 0.0521. The summed E-state index contributed by atoms with van der Waals surface area (Å²) < 4.78 is 37.3. The van der Waals surface area contributed by atoms with Gasteiger partial charge in [-0.15, -0.1) is 0 Å². The van der Waals surface area contributed by atoms with E-state index in [0.717, 1.165) is 25.0 Å². The van der Waals surface area contributed by atoms with Gasteiger partial charge in [-0.1, -0.05) is 11.8 Å². The van der Waals surface area contributed by atoms with Gasteiger partial charge in [-0.25, -0.2) is 4.79 Å². The SMILES string of the molecule is O=C(NCC#Cc1ccc(C(F)(F)F)cc1)NC1CCC(O)CC1. The molecule has 0 aromatic heterocycles. The van der Waals surface area contributed by atoms with Crippen LogP contribution >= 0.6 is 0 Å². The number of aliphatic hydroxyl groups excluding tert-OH is 1. The van der Waals surface area contributed by atoms with Crippen molar-refractivity contribution in [2.75, 3.05) is 6.54 Å². The van der Waals surface area contributed by atoms with E-state index < -0.39 is 11.7 Å². The number of nitrogens with one attached hydrogen (secondary N) is 2. The molecule has 3 N–H and O–H groups in total. The third kappa shape index (κ3) is 5.78. The maximum absolute atomic E-state index is 12.4. The predicted molar refractivity (Wildman–Crippen MR) is 83.1 cm³/mol. The van der Waals surface area contributed by atoms with Gasteiger partial charge in [0.1, 0.15) is 0 Å². The van der Waals surface area contributed by atoms with Crippen LogP contribution in [0.2, 0.25) is 0 Å². The van der Waals surface area contributed by atoms with Crippen LogP contribution in [0.5, 0.6) is 0 Å². The lowest BCUT2D eigenvalue weighted by molar-refractivity contribution is -0.137. The molecule has 2 rings (SSSR count). The fraction of sp³-hybridized carbons (Fsp3) is 0.471. The lowest BCUT2D eigenvalue weighted by Crippen LogP contribution is -2.44. The van der Waals surface area contributed by atoms with Crippen molar-refractivity contribution >= 4 is 6.03 Å². The summed E-state index contributed by atoms with van der Waals surface area (Å²) in [4.78, 5) is 11.7. The number of carbonyl (C=O) groups excluding carboxylic acids is 1. The van der Waals surface area contributed by atoms with E-state index in [0.29, 0.717) is 18.4 Å². The van der Waals surface area contributed by atoms with E-state index in [-0.39, 0.29) is 24.7 Å². The quantitative estimate of drug-likeness (QED) is 0.725. The summed E-state index contributed by atoms with van der Waals surface area (Å²) >= 11 is 0. The molecule has 2 amide bonds. The molecular weight excluding hydrogens is 321 g/mol. The first-order valence-corrected chi connectivity index (χ1v) is 7.73. The highest BCUT2D eigenvalue weighted by molar-refractivity contribution is 5.74. The summed E-state index contributed by atoms with van der Waals surface area (Å²) in [6.07, 6.45) is -1.80. The molecule has 0 bridgehead atoms. The van der Waals surface area contributed by atoms with Gasteiger partial charge >= 0.3 is 12.2 Å². The lowest BCUT2D eigenvalue weighted by Gasteiger charge is -2.26. The smallest absolute Gasteiger partial charge is 0.393 e. The summed E-state index contributed by atoms with van der Waals surface area (Å²) in [5.74, 6) is 5.39. The van der Waals surface area contributed by atoms with Crippen molar-refractivity contribution in [3.05, 3.63) is 35.4 Å². The molecule has 1 aliphatic rings. The molecule has 0 unspecified atom stereocenters. The van der Waals surface area contributed by atoms with Gasteiger partial charge in [0.15, 0.2) is 0 Å². The van der Waals surface area contributed by atoms with E-state index in [1.54, 1.807) is 0 Å². The van der Waals surface area contributed by atoms with E-state index in [2.05, 4.69) is 22.5 Å². The Labute approximate surface area is 138 Å². The maximum Gasteiger partial charge on any atom is 0.416 e. The second-order valence-corrected chi connectivity index (χ2v) is 5.71. The Bertz CT molecular complexity index is 609. The Morgan fingerprint density at radius 1 is 1.17 bits per heavy atom. The molecule has 0 atom stereocenters. The van der Waals surface area contributed by atoms with Crippen LogP contribution in [0.1, 0.15) is 36.8 Å². The maximum atomic E-state index is 12.4. The highest BCUT2D eigenvalue weighted by atomic mass is 19.4. The number of halogens is 3. The van der Waals surface area contributed by atoms with Gasteiger partial charge in [-0.3, -0.25) is 0 Å². The predicted octanol–water partition coefficient (Wildman–Crippen LogP) is 2.66. The molecule has 7 heteroatoms. The van der Waals surface area contributed by atoms with Crippen molar-refractivity contribution in [1.82, 2.24) is 10.6 Å². The van der Waals surface area contributed by atoms with Gasteiger partial charge in [0.05, 0.1) is 18.2 Å². The number of benzene rings is 1. The first kappa shape index (κ1) is 18.1. The number of urea groups is 1. The first-order valence-electron chi connectivity index (χ1n) is 7.73. The number of alkyl halides is 3. The molecule has 1 aliphatic carbocycles. The lowest BCUT2D eigenvalue weighted by atomic mass is 9.93. The van der Waals surface area contributed by atoms with E-state index in [1.807, 2.05) is 0 Å². The summed E-state index contributed by atoms with van der Waals surface area (Å²) in [6.45, 7) is 0.0994. The summed E-state index contributed by atoms with van der Waals surface area (Å²) in [6, 6.07) is 4.25. The zero-order chi connectivity index (χ0) is 17.6. The van der Waals surface area contributed by atoms with Crippen molar-refractivity contribution in [2.45, 2.75) is 44.0 Å². The number of amides is 2. The molecule has 24 heavy (non-hydrogen) atoms. The molecular formula is C17H19F3N2O2. The van der Waals surface area contributed by atoms with Crippen molar-refractivity contribution in [1.29, 1.82) is 0 Å². The van der Waals surface area contributed by atoms with E-state index in [4.69, 9.17) is 0 Å². The van der Waals surface area contributed by atoms with E-state index >= 15 is 0 Å². The molecule has 1 aromatic rings. The fourth-order valence-electron chi connectivity index (χ4n) is 2.47. The number of carbonyl (C=O) groups is 1. The number of rotatable bonds is 2. The van der Waals surface area contributed by atoms with Crippen LogP contribution in [-0.2, 0) is 6.18 Å². The minimum atomic E-state index is -4.36. The highest BCUT2D eigenvalue weighted by Crippen LogP contribution is 2.28. The van der Waals surface area contributed by atoms with Crippen LogP contribution in [-0.4, -0.2) is 29.8 Å². The fourth-order valence-corrected chi connectivity index (χ4v) is 2.47. The second kappa shape index (κ2) is 8.06. The van der Waals surface area contributed by atoms with E-state index in [1.165, 1.54) is 12.1 Å². The second-order valence-electron chi connectivity index (χ2n) is 5.71. The average Bonchev–Trinajstić information content (AvgIpc) is 2.53. The van der Waals surface area contributed by atoms with Crippen molar-refractivity contribution < 1.29 is 23.1 Å².